The molecule has 0 amide bonds. The SMILES string of the molecule is C=S(=O)(N1CCCCC1)C(F)(F)C(F)(F)C(F)(F)S(=O)(=O)OC. The van der Waals surface area contributed by atoms with Crippen molar-refractivity contribution in [1.29, 1.82) is 0 Å². The predicted molar refractivity (Wildman–Crippen MR) is 71.5 cm³/mol. The second-order valence-electron chi connectivity index (χ2n) is 4.86. The van der Waals surface area contributed by atoms with Crippen molar-refractivity contribution < 1.29 is 43.2 Å². The molecule has 138 valence electrons. The Morgan fingerprint density at radius 1 is 0.913 bits per heavy atom. The van der Waals surface area contributed by atoms with Crippen LogP contribution in [0.4, 0.5) is 26.3 Å². The molecule has 0 aromatic rings. The fourth-order valence-corrected chi connectivity index (χ4v) is 4.37. The minimum absolute atomic E-state index is 0.115. The molecule has 1 saturated heterocycles. The maximum Gasteiger partial charge on any atom is 0.439 e. The molecule has 0 aromatic carbocycles. The van der Waals surface area contributed by atoms with E-state index < -0.39 is 36.3 Å². The van der Waals surface area contributed by atoms with Crippen LogP contribution in [0.25, 0.3) is 0 Å². The average Bonchev–Trinajstić information content (AvgIpc) is 2.47. The predicted octanol–water partition coefficient (Wildman–Crippen LogP) is 1.90. The number of alkyl halides is 6. The van der Waals surface area contributed by atoms with Crippen molar-refractivity contribution in [1.82, 2.24) is 4.31 Å². The Bertz CT molecular complexity index is 640. The van der Waals surface area contributed by atoms with Gasteiger partial charge in [-0.3, -0.25) is 4.18 Å². The molecule has 1 unspecified atom stereocenters. The molecule has 0 radical (unpaired) electrons. The van der Waals surface area contributed by atoms with Crippen molar-refractivity contribution in [2.75, 3.05) is 20.2 Å². The van der Waals surface area contributed by atoms with Gasteiger partial charge >= 0.3 is 26.5 Å². The van der Waals surface area contributed by atoms with Gasteiger partial charge in [-0.15, -0.1) is 0 Å². The van der Waals surface area contributed by atoms with E-state index in [0.29, 0.717) is 10.7 Å². The fraction of sp³-hybridized carbons (Fsp3) is 0.900. The molecule has 1 atom stereocenters. The summed E-state index contributed by atoms with van der Waals surface area (Å²) in [6.45, 7) is -0.618. The molecule has 0 saturated carbocycles. The van der Waals surface area contributed by atoms with Crippen LogP contribution in [0.3, 0.4) is 0 Å². The topological polar surface area (TPSA) is 63.7 Å². The second-order valence-corrected chi connectivity index (χ2v) is 8.92. The van der Waals surface area contributed by atoms with Gasteiger partial charge in [0, 0.05) is 13.1 Å². The molecule has 0 N–H and O–H groups in total. The standard InChI is InChI=1S/C10H15F6NO4S2/c1-21-23(19,20)10(15,16)8(11,12)9(13,14)22(2,18)17-6-4-3-5-7-17/h2-7H2,1H3. The zero-order chi connectivity index (χ0) is 18.3. The van der Waals surface area contributed by atoms with Gasteiger partial charge in [0.25, 0.3) is 0 Å². The quantitative estimate of drug-likeness (QED) is 0.394. The van der Waals surface area contributed by atoms with E-state index in [2.05, 4.69) is 10.1 Å². The van der Waals surface area contributed by atoms with Crippen molar-refractivity contribution in [3.05, 3.63) is 0 Å². The van der Waals surface area contributed by atoms with E-state index in [1.165, 1.54) is 0 Å². The molecule has 13 heteroatoms. The Hall–Kier alpha value is -0.530. The lowest BCUT2D eigenvalue weighted by Gasteiger charge is -2.38. The van der Waals surface area contributed by atoms with Crippen LogP contribution in [0.2, 0.25) is 0 Å². The van der Waals surface area contributed by atoms with Crippen LogP contribution in [0, 0.1) is 0 Å². The lowest BCUT2D eigenvalue weighted by molar-refractivity contribution is -0.245. The number of piperidine rings is 1. The van der Waals surface area contributed by atoms with Crippen LogP contribution in [-0.4, -0.2) is 59.4 Å². The van der Waals surface area contributed by atoms with Crippen LogP contribution in [0.15, 0.2) is 0 Å². The summed E-state index contributed by atoms with van der Waals surface area (Å²) in [7, 11) is -11.5. The van der Waals surface area contributed by atoms with Gasteiger partial charge in [0.05, 0.1) is 16.8 Å². The third-order valence-corrected chi connectivity index (χ3v) is 6.98. The highest BCUT2D eigenvalue weighted by atomic mass is 32.2. The molecule has 1 aliphatic heterocycles. The zero-order valence-corrected chi connectivity index (χ0v) is 13.5. The van der Waals surface area contributed by atoms with Gasteiger partial charge in [0.1, 0.15) is 0 Å². The summed E-state index contributed by atoms with van der Waals surface area (Å²) in [5.41, 5.74) is 0. The fourth-order valence-electron chi connectivity index (χ4n) is 1.95. The highest BCUT2D eigenvalue weighted by molar-refractivity contribution is 7.99. The summed E-state index contributed by atoms with van der Waals surface area (Å²) < 4.78 is 120. The summed E-state index contributed by atoms with van der Waals surface area (Å²) in [6, 6.07) is 0. The number of halogens is 6. The first-order chi connectivity index (χ1) is 10.2. The molecule has 1 aliphatic rings. The number of nitrogens with zero attached hydrogens (tertiary/aromatic N) is 1. The molecular formula is C10H15F6NO4S2. The maximum absolute atomic E-state index is 14.0. The van der Waals surface area contributed by atoms with Crippen molar-refractivity contribution in [3.8, 4) is 0 Å². The minimum Gasteiger partial charge on any atom is -0.269 e. The number of hydrogen-bond acceptors (Lipinski definition) is 4. The van der Waals surface area contributed by atoms with Gasteiger partial charge in [-0.1, -0.05) is 6.42 Å². The lowest BCUT2D eigenvalue weighted by Crippen LogP contribution is -2.63. The van der Waals surface area contributed by atoms with Gasteiger partial charge in [0.15, 0.2) is 0 Å². The van der Waals surface area contributed by atoms with Gasteiger partial charge in [0.2, 0.25) is 0 Å². The Morgan fingerprint density at radius 3 is 1.74 bits per heavy atom. The van der Waals surface area contributed by atoms with E-state index in [-0.39, 0.29) is 33.0 Å². The largest absolute Gasteiger partial charge is 0.439 e. The summed E-state index contributed by atoms with van der Waals surface area (Å²) in [5, 5.41) is -12.2. The third kappa shape index (κ3) is 2.96. The summed E-state index contributed by atoms with van der Waals surface area (Å²) in [4.78, 5) is 0. The Kier molecular flexibility index (Phi) is 5.42. The van der Waals surface area contributed by atoms with Gasteiger partial charge in [-0.25, -0.2) is 8.51 Å². The molecule has 0 aromatic heterocycles. The van der Waals surface area contributed by atoms with Crippen molar-refractivity contribution >= 4 is 25.7 Å². The first-order valence-electron chi connectivity index (χ1n) is 6.22. The Morgan fingerprint density at radius 2 is 1.35 bits per heavy atom. The summed E-state index contributed by atoms with van der Waals surface area (Å²) in [6.07, 6.45) is 1.03. The van der Waals surface area contributed by atoms with E-state index in [4.69, 9.17) is 0 Å². The maximum atomic E-state index is 14.0. The Balaban J connectivity index is 3.39. The smallest absolute Gasteiger partial charge is 0.269 e. The molecule has 0 bridgehead atoms. The van der Waals surface area contributed by atoms with Crippen LogP contribution in [-0.2, 0) is 24.0 Å². The molecule has 0 aliphatic carbocycles. The van der Waals surface area contributed by atoms with Crippen molar-refractivity contribution in [3.63, 3.8) is 0 Å². The number of hydrogen-bond donors (Lipinski definition) is 0. The van der Waals surface area contributed by atoms with Crippen LogP contribution < -0.4 is 0 Å². The molecule has 1 rings (SSSR count). The van der Waals surface area contributed by atoms with Crippen LogP contribution in [0.5, 0.6) is 0 Å². The van der Waals surface area contributed by atoms with E-state index in [1.54, 1.807) is 0 Å². The van der Waals surface area contributed by atoms with E-state index in [1.807, 2.05) is 0 Å². The van der Waals surface area contributed by atoms with Crippen LogP contribution >= 0.6 is 0 Å². The zero-order valence-electron chi connectivity index (χ0n) is 11.9. The van der Waals surface area contributed by atoms with Gasteiger partial charge < -0.3 is 0 Å². The van der Waals surface area contributed by atoms with E-state index in [9.17, 15) is 39.0 Å². The summed E-state index contributed by atoms with van der Waals surface area (Å²) >= 11 is 0. The van der Waals surface area contributed by atoms with Crippen LogP contribution in [0.1, 0.15) is 19.3 Å². The Labute approximate surface area is 129 Å². The monoisotopic (exact) mass is 391 g/mol. The molecular weight excluding hydrogens is 376 g/mol. The average molecular weight is 391 g/mol. The normalized spacial score (nSPS) is 21.9. The molecule has 1 fully saturated rings. The van der Waals surface area contributed by atoms with Crippen molar-refractivity contribution in [2.45, 2.75) is 35.7 Å². The molecule has 0 spiro atoms. The minimum atomic E-state index is -6.49. The van der Waals surface area contributed by atoms with Gasteiger partial charge in [-0.2, -0.15) is 34.8 Å². The molecule has 5 nitrogen and oxygen atoms in total. The highest BCUT2D eigenvalue weighted by Crippen LogP contribution is 2.51. The summed E-state index contributed by atoms with van der Waals surface area (Å²) in [5.74, 6) is -3.99. The third-order valence-electron chi connectivity index (χ3n) is 3.40. The first kappa shape index (κ1) is 20.5. The van der Waals surface area contributed by atoms with E-state index >= 15 is 0 Å². The molecule has 23 heavy (non-hydrogen) atoms. The van der Waals surface area contributed by atoms with Gasteiger partial charge in [-0.05, 0) is 18.7 Å². The number of rotatable bonds is 6. The highest BCUT2D eigenvalue weighted by Gasteiger charge is 2.81. The van der Waals surface area contributed by atoms with Crippen molar-refractivity contribution in [2.24, 2.45) is 0 Å². The molecule has 1 heterocycles. The van der Waals surface area contributed by atoms with E-state index in [0.717, 1.165) is 0 Å². The second kappa shape index (κ2) is 6.08. The lowest BCUT2D eigenvalue weighted by atomic mass is 10.2. The first-order valence-corrected chi connectivity index (χ1v) is 9.31.